The van der Waals surface area contributed by atoms with Crippen molar-refractivity contribution in [2.45, 2.75) is 27.2 Å². The summed E-state index contributed by atoms with van der Waals surface area (Å²) in [6, 6.07) is 0. The largest absolute Gasteiger partial charge is 0.295 e. The minimum absolute atomic E-state index is 0.169. The van der Waals surface area contributed by atoms with Crippen molar-refractivity contribution in [3.63, 3.8) is 0 Å². The van der Waals surface area contributed by atoms with Crippen LogP contribution in [0.2, 0.25) is 0 Å². The molecule has 0 bridgehead atoms. The van der Waals surface area contributed by atoms with Crippen LogP contribution >= 0.6 is 0 Å². The second-order valence-electron chi connectivity index (χ2n) is 1.92. The summed E-state index contributed by atoms with van der Waals surface area (Å²) >= 11 is 0. The van der Waals surface area contributed by atoms with Crippen molar-refractivity contribution in [1.29, 1.82) is 0 Å². The van der Waals surface area contributed by atoms with Gasteiger partial charge < -0.3 is 0 Å². The van der Waals surface area contributed by atoms with E-state index < -0.39 is 0 Å². The molecular weight excluding hydrogens is 119 g/mol. The average Bonchev–Trinajstić information content (AvgIpc) is 1.64. The van der Waals surface area contributed by atoms with E-state index in [0.717, 1.165) is 0 Å². The van der Waals surface area contributed by atoms with Crippen LogP contribution in [0.5, 0.6) is 0 Å². The number of allylic oxidation sites excluding steroid dienone is 2. The molecule has 0 spiro atoms. The topological polar surface area (TPSA) is 17.1 Å². The molecular formula is C7H11FO. The van der Waals surface area contributed by atoms with Crippen LogP contribution in [0.15, 0.2) is 11.4 Å². The number of halogens is 1. The van der Waals surface area contributed by atoms with Crippen LogP contribution in [-0.2, 0) is 4.79 Å². The fourth-order valence-electron chi connectivity index (χ4n) is 0.735. The van der Waals surface area contributed by atoms with Crippen molar-refractivity contribution in [3.8, 4) is 0 Å². The van der Waals surface area contributed by atoms with E-state index in [9.17, 15) is 9.18 Å². The summed E-state index contributed by atoms with van der Waals surface area (Å²) in [5.74, 6) is -0.525. The Kier molecular flexibility index (Phi) is 3.13. The van der Waals surface area contributed by atoms with Crippen LogP contribution in [0.3, 0.4) is 0 Å². The van der Waals surface area contributed by atoms with Crippen LogP contribution in [0, 0.1) is 0 Å². The van der Waals surface area contributed by atoms with Gasteiger partial charge in [0.25, 0.3) is 0 Å². The molecule has 52 valence electrons. The molecule has 0 aromatic heterocycles. The van der Waals surface area contributed by atoms with Gasteiger partial charge >= 0.3 is 0 Å². The van der Waals surface area contributed by atoms with E-state index in [-0.39, 0.29) is 11.6 Å². The van der Waals surface area contributed by atoms with E-state index in [2.05, 4.69) is 0 Å². The number of carbonyl (C=O) groups is 1. The first kappa shape index (κ1) is 8.34. The Hall–Kier alpha value is -0.660. The summed E-state index contributed by atoms with van der Waals surface area (Å²) in [4.78, 5) is 10.5. The zero-order valence-corrected chi connectivity index (χ0v) is 5.99. The number of hydrogen-bond donors (Lipinski definition) is 0. The van der Waals surface area contributed by atoms with Gasteiger partial charge in [0.1, 0.15) is 5.83 Å². The first-order valence-electron chi connectivity index (χ1n) is 2.95. The maximum absolute atomic E-state index is 12.3. The van der Waals surface area contributed by atoms with Crippen molar-refractivity contribution >= 4 is 5.78 Å². The molecule has 0 aromatic carbocycles. The van der Waals surface area contributed by atoms with Gasteiger partial charge in [-0.2, -0.15) is 0 Å². The number of rotatable bonds is 2. The predicted molar refractivity (Wildman–Crippen MR) is 34.8 cm³/mol. The standard InChI is InChI=1S/C7H11FO/c1-4-7(5(2)8)6(3)9/h4H2,1-3H3/b7-5-. The summed E-state index contributed by atoms with van der Waals surface area (Å²) in [6.07, 6.45) is 0.484. The van der Waals surface area contributed by atoms with Gasteiger partial charge in [-0.3, -0.25) is 4.79 Å². The van der Waals surface area contributed by atoms with E-state index in [0.29, 0.717) is 12.0 Å². The molecule has 0 fully saturated rings. The van der Waals surface area contributed by atoms with Crippen molar-refractivity contribution in [2.24, 2.45) is 0 Å². The fraction of sp³-hybridized carbons (Fsp3) is 0.571. The highest BCUT2D eigenvalue weighted by atomic mass is 19.1. The molecule has 1 nitrogen and oxygen atoms in total. The first-order chi connectivity index (χ1) is 4.09. The maximum Gasteiger partial charge on any atom is 0.158 e. The zero-order chi connectivity index (χ0) is 7.44. The average molecular weight is 130 g/mol. The van der Waals surface area contributed by atoms with Gasteiger partial charge in [-0.1, -0.05) is 6.92 Å². The lowest BCUT2D eigenvalue weighted by atomic mass is 10.1. The highest BCUT2D eigenvalue weighted by molar-refractivity contribution is 5.93. The fourth-order valence-corrected chi connectivity index (χ4v) is 0.735. The Morgan fingerprint density at radius 3 is 1.89 bits per heavy atom. The Labute approximate surface area is 54.6 Å². The molecule has 0 aliphatic rings. The quantitative estimate of drug-likeness (QED) is 0.524. The smallest absolute Gasteiger partial charge is 0.158 e. The van der Waals surface area contributed by atoms with Crippen molar-refractivity contribution < 1.29 is 9.18 Å². The lowest BCUT2D eigenvalue weighted by Crippen LogP contribution is -1.95. The summed E-state index contributed by atoms with van der Waals surface area (Å²) in [5.41, 5.74) is 0.301. The molecule has 0 aliphatic heterocycles. The van der Waals surface area contributed by atoms with Crippen LogP contribution in [-0.4, -0.2) is 5.78 Å². The number of ketones is 1. The van der Waals surface area contributed by atoms with Gasteiger partial charge in [0, 0.05) is 5.57 Å². The van der Waals surface area contributed by atoms with E-state index in [4.69, 9.17) is 0 Å². The lowest BCUT2D eigenvalue weighted by Gasteiger charge is -1.96. The van der Waals surface area contributed by atoms with Crippen molar-refractivity contribution in [3.05, 3.63) is 11.4 Å². The third-order valence-corrected chi connectivity index (χ3v) is 1.19. The Morgan fingerprint density at radius 1 is 1.44 bits per heavy atom. The molecule has 0 atom stereocenters. The maximum atomic E-state index is 12.3. The molecule has 0 rings (SSSR count). The van der Waals surface area contributed by atoms with Gasteiger partial charge in [-0.05, 0) is 20.3 Å². The van der Waals surface area contributed by atoms with E-state index in [1.165, 1.54) is 13.8 Å². The Bertz CT molecular complexity index is 143. The molecule has 0 N–H and O–H groups in total. The van der Waals surface area contributed by atoms with Crippen LogP contribution < -0.4 is 0 Å². The number of Topliss-reactive ketones (excluding diaryl/α,β-unsaturated/α-hetero) is 1. The van der Waals surface area contributed by atoms with E-state index >= 15 is 0 Å². The summed E-state index contributed by atoms with van der Waals surface area (Å²) in [6.45, 7) is 4.45. The number of carbonyl (C=O) groups excluding carboxylic acids is 1. The molecule has 0 radical (unpaired) electrons. The SMILES string of the molecule is CC/C(C(C)=O)=C(\C)F. The Morgan fingerprint density at radius 2 is 1.89 bits per heavy atom. The second kappa shape index (κ2) is 3.38. The molecule has 9 heavy (non-hydrogen) atoms. The molecule has 0 saturated carbocycles. The lowest BCUT2D eigenvalue weighted by molar-refractivity contribution is -0.113. The molecule has 0 amide bonds. The van der Waals surface area contributed by atoms with Crippen LogP contribution in [0.1, 0.15) is 27.2 Å². The highest BCUT2D eigenvalue weighted by Gasteiger charge is 2.03. The molecule has 0 aromatic rings. The van der Waals surface area contributed by atoms with Crippen LogP contribution in [0.4, 0.5) is 4.39 Å². The number of hydrogen-bond acceptors (Lipinski definition) is 1. The predicted octanol–water partition coefficient (Wildman–Crippen LogP) is 2.23. The van der Waals surface area contributed by atoms with Crippen LogP contribution in [0.25, 0.3) is 0 Å². The van der Waals surface area contributed by atoms with Gasteiger partial charge in [0.05, 0.1) is 0 Å². The molecule has 0 unspecified atom stereocenters. The molecule has 0 aliphatic carbocycles. The Balaban J connectivity index is 4.35. The third-order valence-electron chi connectivity index (χ3n) is 1.19. The summed E-state index contributed by atoms with van der Waals surface area (Å²) in [5, 5.41) is 0. The molecule has 0 saturated heterocycles. The van der Waals surface area contributed by atoms with E-state index in [1.54, 1.807) is 6.92 Å². The van der Waals surface area contributed by atoms with Gasteiger partial charge in [-0.25, -0.2) is 4.39 Å². The first-order valence-corrected chi connectivity index (χ1v) is 2.95. The van der Waals surface area contributed by atoms with Crippen molar-refractivity contribution in [2.75, 3.05) is 0 Å². The van der Waals surface area contributed by atoms with Gasteiger partial charge in [0.2, 0.25) is 0 Å². The summed E-state index contributed by atoms with van der Waals surface area (Å²) < 4.78 is 12.3. The second-order valence-corrected chi connectivity index (χ2v) is 1.92. The third kappa shape index (κ3) is 2.40. The highest BCUT2D eigenvalue weighted by Crippen LogP contribution is 2.09. The van der Waals surface area contributed by atoms with E-state index in [1.807, 2.05) is 0 Å². The zero-order valence-electron chi connectivity index (χ0n) is 5.99. The monoisotopic (exact) mass is 130 g/mol. The normalized spacial score (nSPS) is 12.9. The molecule has 2 heteroatoms. The molecule has 0 heterocycles. The van der Waals surface area contributed by atoms with Crippen molar-refractivity contribution in [1.82, 2.24) is 0 Å². The summed E-state index contributed by atoms with van der Waals surface area (Å²) in [7, 11) is 0. The minimum Gasteiger partial charge on any atom is -0.295 e. The van der Waals surface area contributed by atoms with Gasteiger partial charge in [0.15, 0.2) is 5.78 Å². The minimum atomic E-state index is -0.356. The van der Waals surface area contributed by atoms with Gasteiger partial charge in [-0.15, -0.1) is 0 Å².